The highest BCUT2D eigenvalue weighted by atomic mass is 15.1. The van der Waals surface area contributed by atoms with Crippen LogP contribution < -0.4 is 0 Å². The summed E-state index contributed by atoms with van der Waals surface area (Å²) in [7, 11) is 0. The molecule has 0 aliphatic heterocycles. The fourth-order valence-electron chi connectivity index (χ4n) is 25.4. The minimum Gasteiger partial charge on any atom is -0.394 e. The Bertz CT molecular complexity index is 11400. The van der Waals surface area contributed by atoms with Crippen molar-refractivity contribution < 1.29 is 0 Å². The summed E-state index contributed by atoms with van der Waals surface area (Å²) in [6.45, 7) is 7.75. The van der Waals surface area contributed by atoms with Gasteiger partial charge < -0.3 is 27.2 Å². The van der Waals surface area contributed by atoms with Crippen molar-refractivity contribution in [3.8, 4) is 62.2 Å². The first-order chi connectivity index (χ1) is 68.5. The monoisotopic (exact) mass is 1750 g/mol. The molecule has 2 aliphatic rings. The van der Waals surface area contributed by atoms with Gasteiger partial charge in [-0.15, -0.1) is 16.5 Å². The van der Waals surface area contributed by atoms with Crippen molar-refractivity contribution in [2.24, 2.45) is 0 Å². The van der Waals surface area contributed by atoms with Crippen LogP contribution in [0.25, 0.3) is 323 Å². The molecule has 12 aromatic heterocycles. The topological polar surface area (TPSA) is 110 Å². The predicted molar refractivity (Wildman–Crippen MR) is 571 cm³/mol. The van der Waals surface area contributed by atoms with Gasteiger partial charge in [-0.1, -0.05) is 279 Å². The predicted octanol–water partition coefficient (Wildman–Crippen LogP) is 32.1. The molecular weight excluding hydrogens is 1680 g/mol. The van der Waals surface area contributed by atoms with Crippen LogP contribution in [0.4, 0.5) is 5.95 Å². The van der Waals surface area contributed by atoms with Gasteiger partial charge >= 0.3 is 5.95 Å². The molecule has 0 bridgehead atoms. The molecule has 0 radical (unpaired) electrons. The van der Waals surface area contributed by atoms with Gasteiger partial charge in [0.15, 0.2) is 0 Å². The van der Waals surface area contributed by atoms with Gasteiger partial charge in [0.2, 0.25) is 5.82 Å². The van der Waals surface area contributed by atoms with Crippen LogP contribution in [0.2, 0.25) is 0 Å². The summed E-state index contributed by atoms with van der Waals surface area (Å²) in [5.41, 5.74) is 31.8. The number of rotatable bonds is 3. The van der Waals surface area contributed by atoms with E-state index in [4.69, 9.17) is 31.5 Å². The average Bonchev–Trinajstić information content (AvgIpc) is 1.53. The van der Waals surface area contributed by atoms with E-state index in [1.54, 1.807) is 12.4 Å². The van der Waals surface area contributed by atoms with Gasteiger partial charge in [-0.25, -0.2) is 9.97 Å². The summed E-state index contributed by atoms with van der Waals surface area (Å²) in [6.07, 6.45) is 3.59. The quantitative estimate of drug-likeness (QED) is 0.163. The van der Waals surface area contributed by atoms with Crippen molar-refractivity contribution in [2.75, 3.05) is 0 Å². The maximum Gasteiger partial charge on any atom is 0.374 e. The minimum absolute atomic E-state index is 0.147. The molecule has 2 aliphatic carbocycles. The van der Waals surface area contributed by atoms with E-state index in [1.807, 2.05) is 36.4 Å². The third kappa shape index (κ3) is 9.09. The zero-order valence-corrected chi connectivity index (χ0v) is 73.3. The number of hydrogen-bond acceptors (Lipinski definition) is 6. The van der Waals surface area contributed by atoms with E-state index in [0.717, 1.165) is 89.2 Å². The number of para-hydroxylation sites is 9. The van der Waals surface area contributed by atoms with Gasteiger partial charge in [0.25, 0.3) is 0 Å². The van der Waals surface area contributed by atoms with Crippen LogP contribution in [0, 0.1) is 6.57 Å². The van der Waals surface area contributed by atoms with Gasteiger partial charge in [0, 0.05) is 169 Å². The Morgan fingerprint density at radius 2 is 0.522 bits per heavy atom. The molecule has 0 N–H and O–H groups in total. The number of hydrogen-bond donors (Lipinski definition) is 0. The van der Waals surface area contributed by atoms with Crippen LogP contribution in [0.5, 0.6) is 0 Å². The molecule has 21 aromatic carbocycles. The maximum absolute atomic E-state index is 7.75. The van der Waals surface area contributed by atoms with Crippen LogP contribution in [0.1, 0.15) is 0 Å². The average molecular weight is 1750 g/mol. The largest absolute Gasteiger partial charge is 0.394 e. The molecule has 0 amide bonds. The molecule has 0 unspecified atom stereocenters. The van der Waals surface area contributed by atoms with E-state index in [-0.39, 0.29) is 5.95 Å². The molecule has 630 valence electrons. The zero-order valence-electron chi connectivity index (χ0n) is 73.3. The molecule has 13 nitrogen and oxygen atoms in total. The first-order valence-corrected chi connectivity index (χ1v) is 46.9. The molecule has 0 fully saturated rings. The van der Waals surface area contributed by atoms with E-state index in [1.165, 1.54) is 229 Å². The van der Waals surface area contributed by atoms with E-state index in [0.29, 0.717) is 0 Å². The van der Waals surface area contributed by atoms with Crippen molar-refractivity contribution in [1.29, 1.82) is 0 Å². The Hall–Kier alpha value is -19.0. The van der Waals surface area contributed by atoms with Gasteiger partial charge in [0.1, 0.15) is 5.52 Å². The van der Waals surface area contributed by atoms with E-state index in [9.17, 15) is 0 Å². The highest BCUT2D eigenvalue weighted by molar-refractivity contribution is 6.42. The molecule has 0 saturated carbocycles. The van der Waals surface area contributed by atoms with Crippen LogP contribution in [-0.4, -0.2) is 56.8 Å². The number of benzene rings is 21. The van der Waals surface area contributed by atoms with Gasteiger partial charge in [-0.2, -0.15) is 0 Å². The Kier molecular flexibility index (Phi) is 13.8. The summed E-state index contributed by atoms with van der Waals surface area (Å²) in [6, 6.07) is 139. The van der Waals surface area contributed by atoms with Crippen LogP contribution in [0.15, 0.2) is 395 Å². The van der Waals surface area contributed by atoms with Gasteiger partial charge in [-0.05, 0) is 119 Å². The molecule has 35 rings (SSSR count). The van der Waals surface area contributed by atoms with Crippen LogP contribution >= 0.6 is 0 Å². The van der Waals surface area contributed by atoms with Crippen molar-refractivity contribution in [1.82, 2.24) is 56.8 Å². The smallest absolute Gasteiger partial charge is 0.374 e. The highest BCUT2D eigenvalue weighted by Crippen LogP contribution is 2.57. The molecule has 0 atom stereocenters. The summed E-state index contributed by atoms with van der Waals surface area (Å²) in [4.78, 5) is 32.8. The van der Waals surface area contributed by atoms with Crippen LogP contribution in [0.3, 0.4) is 0 Å². The molecule has 0 spiro atoms. The SMILES string of the molecule is [C-]#[N+]c1nc(-n2c3ccccc3c3c4c5ccc6ccccc6c5n5c6ccccc6c(cc32)c45)c2ccccc2n1.c1ccc2c(c1)ccc1c3c4c5ccccc5n(-c5ccc6c7c(cccc57)-c5nc7ccccc7nc5-6)c4cc4c5ccccc5n(c21)c43.c1ccc2c(c1)ccc1c3c4c5ccccc5n(-c5ccc6c7c(cccc57)-c5nccnc5-6)c4cc4c5ccccc5n(c21)c43. The minimum atomic E-state index is 0.147. The number of aromatic nitrogens is 12. The van der Waals surface area contributed by atoms with Crippen molar-refractivity contribution >= 4 is 261 Å². The Morgan fingerprint density at radius 1 is 0.196 bits per heavy atom. The molecule has 12 heterocycles. The van der Waals surface area contributed by atoms with Crippen molar-refractivity contribution in [2.45, 2.75) is 0 Å². The summed E-state index contributed by atoms with van der Waals surface area (Å²) < 4.78 is 14.8. The lowest BCUT2D eigenvalue weighted by Crippen LogP contribution is -2.00. The van der Waals surface area contributed by atoms with Gasteiger partial charge in [0.05, 0.1) is 133 Å². The second-order valence-corrected chi connectivity index (χ2v) is 37.1. The normalized spacial score (nSPS) is 12.6. The first kappa shape index (κ1) is 72.6. The number of fused-ring (bicyclic) bond motifs is 44. The highest BCUT2D eigenvalue weighted by Gasteiger charge is 2.35. The summed E-state index contributed by atoms with van der Waals surface area (Å²) in [5.74, 6) is 0.874. The lowest BCUT2D eigenvalue weighted by atomic mass is 10.00. The number of nitrogens with zero attached hydrogens (tertiary/aromatic N) is 13. The fourth-order valence-corrected chi connectivity index (χ4v) is 25.4. The third-order valence-electron chi connectivity index (χ3n) is 30.6. The standard InChI is InChI=1S/C46H24N4.C42H22N4.C37H19N5/c1-2-11-26-25(10-1)20-21-32-42-41-29-13-4-8-19-37(29)49(39(41)24-33-27-12-3-7-18-36(27)50(45(26)32)46(33)42)38-23-22-31-40-28(38)14-9-15-30(40)43-44(31)48-35-17-6-5-16-34(35)47-43;1-2-9-24-23(8-1)16-17-30-38-37-27-11-4-6-15-33(27)45(35(37)22-31-25-10-3-5-14-32(25)46(41(24)30)42(31)38)34-19-18-29-36-26(34)12-7-13-28(36)39-40(29)44-21-20-43-39;1-38-37-39-28-15-7-4-13-24(28)36(40-37)41-30-17-9-6-14-25(30)32-31(41)20-27-23-12-5-8-16-29(23)42-34-22-11-3-2-10-21(22)18-19-26(34)33(32)35(27)42/h1-24H;1-22H;2-20H. The van der Waals surface area contributed by atoms with E-state index >= 15 is 0 Å². The molecule has 33 aromatic rings. The van der Waals surface area contributed by atoms with Gasteiger partial charge in [-0.3, -0.25) is 14.5 Å². The summed E-state index contributed by atoms with van der Waals surface area (Å²) >= 11 is 0. The molecule has 0 saturated heterocycles. The lowest BCUT2D eigenvalue weighted by Gasteiger charge is -2.13. The second kappa shape index (κ2) is 26.2. The van der Waals surface area contributed by atoms with Crippen molar-refractivity contribution in [3.05, 3.63) is 406 Å². The maximum atomic E-state index is 7.75. The molecular formula is C125H65N13. The Morgan fingerprint density at radius 3 is 0.942 bits per heavy atom. The van der Waals surface area contributed by atoms with Crippen molar-refractivity contribution in [3.63, 3.8) is 0 Å². The first-order valence-electron chi connectivity index (χ1n) is 46.9. The lowest BCUT2D eigenvalue weighted by molar-refractivity contribution is 1.09. The Balaban J connectivity index is 0.0000000928. The third-order valence-corrected chi connectivity index (χ3v) is 30.6. The Labute approximate surface area is 781 Å². The summed E-state index contributed by atoms with van der Waals surface area (Å²) in [5, 5.41) is 36.1. The van der Waals surface area contributed by atoms with Crippen LogP contribution in [-0.2, 0) is 0 Å². The fraction of sp³-hybridized carbons (Fsp3) is 0. The molecule has 138 heavy (non-hydrogen) atoms. The second-order valence-electron chi connectivity index (χ2n) is 37.1. The van der Waals surface area contributed by atoms with E-state index in [2.05, 4.69) is 383 Å². The zero-order chi connectivity index (χ0) is 89.4. The molecule has 13 heteroatoms. The van der Waals surface area contributed by atoms with E-state index < -0.39 is 0 Å².